The largest absolute Gasteiger partial charge is 0.351 e. The number of hydrogen-bond acceptors (Lipinski definition) is 2. The summed E-state index contributed by atoms with van der Waals surface area (Å²) in [6, 6.07) is 7.33. The van der Waals surface area contributed by atoms with Gasteiger partial charge in [-0.05, 0) is 30.2 Å². The molecule has 22 heavy (non-hydrogen) atoms. The van der Waals surface area contributed by atoms with Crippen LogP contribution in [-0.4, -0.2) is 27.0 Å². The number of imidazole rings is 1. The Kier molecular flexibility index (Phi) is 4.15. The zero-order valence-corrected chi connectivity index (χ0v) is 13.0. The van der Waals surface area contributed by atoms with Crippen molar-refractivity contribution in [2.24, 2.45) is 5.92 Å². The lowest BCUT2D eigenvalue weighted by molar-refractivity contribution is 0.0942. The Morgan fingerprint density at radius 3 is 3.09 bits per heavy atom. The third kappa shape index (κ3) is 3.31. The molecule has 2 heterocycles. The number of amides is 1. The van der Waals surface area contributed by atoms with Crippen molar-refractivity contribution in [3.05, 3.63) is 53.7 Å². The number of nitrogens with zero attached hydrogens (tertiary/aromatic N) is 2. The number of carbonyl (C=O) groups excluding carboxylic acids is 1. The van der Waals surface area contributed by atoms with Gasteiger partial charge in [0.05, 0.1) is 6.33 Å². The molecule has 2 N–H and O–H groups in total. The SMILES string of the molecule is CC(CNC(=O)c1cc2cc(Cl)ccc2[nH]1)Cn1ccnc1. The fraction of sp³-hybridized carbons (Fsp3) is 0.250. The molecular weight excluding hydrogens is 300 g/mol. The number of carbonyl (C=O) groups is 1. The highest BCUT2D eigenvalue weighted by Gasteiger charge is 2.11. The van der Waals surface area contributed by atoms with Gasteiger partial charge in [0.2, 0.25) is 0 Å². The van der Waals surface area contributed by atoms with Gasteiger partial charge in [0.15, 0.2) is 0 Å². The number of aromatic amines is 1. The topological polar surface area (TPSA) is 62.7 Å². The van der Waals surface area contributed by atoms with Crippen molar-refractivity contribution in [3.8, 4) is 0 Å². The highest BCUT2D eigenvalue weighted by atomic mass is 35.5. The Morgan fingerprint density at radius 2 is 2.32 bits per heavy atom. The van der Waals surface area contributed by atoms with E-state index < -0.39 is 0 Å². The van der Waals surface area contributed by atoms with Crippen molar-refractivity contribution < 1.29 is 4.79 Å². The van der Waals surface area contributed by atoms with Crippen molar-refractivity contribution >= 4 is 28.4 Å². The van der Waals surface area contributed by atoms with Crippen LogP contribution in [0.5, 0.6) is 0 Å². The second-order valence-electron chi connectivity index (χ2n) is 5.49. The number of H-pyrrole nitrogens is 1. The maximum absolute atomic E-state index is 12.2. The van der Waals surface area contributed by atoms with Crippen LogP contribution < -0.4 is 5.32 Å². The summed E-state index contributed by atoms with van der Waals surface area (Å²) in [6.07, 6.45) is 5.44. The first kappa shape index (κ1) is 14.7. The molecule has 0 aliphatic carbocycles. The summed E-state index contributed by atoms with van der Waals surface area (Å²) >= 11 is 5.96. The minimum absolute atomic E-state index is 0.107. The summed E-state index contributed by atoms with van der Waals surface area (Å²) in [6.45, 7) is 3.51. The van der Waals surface area contributed by atoms with Crippen LogP contribution in [0.25, 0.3) is 10.9 Å². The molecule has 0 aliphatic heterocycles. The third-order valence-corrected chi connectivity index (χ3v) is 3.76. The van der Waals surface area contributed by atoms with Gasteiger partial charge < -0.3 is 14.9 Å². The molecule has 2 aromatic heterocycles. The highest BCUT2D eigenvalue weighted by molar-refractivity contribution is 6.31. The Hall–Kier alpha value is -2.27. The van der Waals surface area contributed by atoms with Crippen LogP contribution in [0.4, 0.5) is 0 Å². The Balaban J connectivity index is 1.60. The molecule has 1 aromatic carbocycles. The summed E-state index contributed by atoms with van der Waals surface area (Å²) < 4.78 is 2.00. The molecule has 3 rings (SSSR count). The van der Waals surface area contributed by atoms with E-state index in [4.69, 9.17) is 11.6 Å². The van der Waals surface area contributed by atoms with E-state index in [2.05, 4.69) is 22.2 Å². The van der Waals surface area contributed by atoms with E-state index in [0.29, 0.717) is 23.2 Å². The summed E-state index contributed by atoms with van der Waals surface area (Å²) in [7, 11) is 0. The number of fused-ring (bicyclic) bond motifs is 1. The molecule has 1 unspecified atom stereocenters. The lowest BCUT2D eigenvalue weighted by atomic mass is 10.2. The predicted molar refractivity (Wildman–Crippen MR) is 87.0 cm³/mol. The van der Waals surface area contributed by atoms with E-state index in [1.807, 2.05) is 29.0 Å². The molecule has 0 saturated heterocycles. The fourth-order valence-electron chi connectivity index (χ4n) is 2.41. The summed E-state index contributed by atoms with van der Waals surface area (Å²) in [5.41, 5.74) is 1.45. The zero-order chi connectivity index (χ0) is 15.5. The maximum Gasteiger partial charge on any atom is 0.267 e. The third-order valence-electron chi connectivity index (χ3n) is 3.52. The Bertz CT molecular complexity index is 779. The number of nitrogens with one attached hydrogen (secondary N) is 2. The molecule has 0 radical (unpaired) electrons. The summed E-state index contributed by atoms with van der Waals surface area (Å²) in [5.74, 6) is 0.210. The lowest BCUT2D eigenvalue weighted by Gasteiger charge is -2.12. The standard InChI is InChI=1S/C16H17ClN4O/c1-11(9-21-5-4-18-10-21)8-19-16(22)15-7-12-6-13(17)2-3-14(12)20-15/h2-7,10-11,20H,8-9H2,1H3,(H,19,22). The molecular formula is C16H17ClN4O. The molecule has 0 bridgehead atoms. The smallest absolute Gasteiger partial charge is 0.267 e. The van der Waals surface area contributed by atoms with Gasteiger partial charge in [0.1, 0.15) is 5.69 Å². The van der Waals surface area contributed by atoms with Crippen molar-refractivity contribution in [1.82, 2.24) is 19.9 Å². The van der Waals surface area contributed by atoms with Gasteiger partial charge >= 0.3 is 0 Å². The van der Waals surface area contributed by atoms with Gasteiger partial charge in [-0.2, -0.15) is 0 Å². The number of benzene rings is 1. The van der Waals surface area contributed by atoms with Crippen LogP contribution in [0.2, 0.25) is 5.02 Å². The number of rotatable bonds is 5. The van der Waals surface area contributed by atoms with Crippen molar-refractivity contribution in [2.75, 3.05) is 6.54 Å². The molecule has 1 atom stereocenters. The van der Waals surface area contributed by atoms with Gasteiger partial charge in [-0.3, -0.25) is 4.79 Å². The Morgan fingerprint density at radius 1 is 1.45 bits per heavy atom. The van der Waals surface area contributed by atoms with Crippen LogP contribution in [0, 0.1) is 5.92 Å². The van der Waals surface area contributed by atoms with Crippen LogP contribution in [0.1, 0.15) is 17.4 Å². The minimum atomic E-state index is -0.107. The monoisotopic (exact) mass is 316 g/mol. The highest BCUT2D eigenvalue weighted by Crippen LogP contribution is 2.20. The molecule has 114 valence electrons. The van der Waals surface area contributed by atoms with E-state index in [9.17, 15) is 4.79 Å². The van der Waals surface area contributed by atoms with E-state index in [0.717, 1.165) is 17.4 Å². The van der Waals surface area contributed by atoms with Crippen molar-refractivity contribution in [2.45, 2.75) is 13.5 Å². The molecule has 6 heteroatoms. The lowest BCUT2D eigenvalue weighted by Crippen LogP contribution is -2.30. The summed E-state index contributed by atoms with van der Waals surface area (Å²) in [5, 5.41) is 4.54. The van der Waals surface area contributed by atoms with Gasteiger partial charge in [-0.15, -0.1) is 0 Å². The maximum atomic E-state index is 12.2. The Labute approximate surface area is 133 Å². The molecule has 0 saturated carbocycles. The summed E-state index contributed by atoms with van der Waals surface area (Å²) in [4.78, 5) is 19.3. The van der Waals surface area contributed by atoms with Crippen LogP contribution in [0.3, 0.4) is 0 Å². The van der Waals surface area contributed by atoms with Crippen LogP contribution in [0.15, 0.2) is 43.0 Å². The quantitative estimate of drug-likeness (QED) is 0.760. The first-order valence-corrected chi connectivity index (χ1v) is 7.52. The van der Waals surface area contributed by atoms with E-state index in [1.54, 1.807) is 18.6 Å². The molecule has 1 amide bonds. The van der Waals surface area contributed by atoms with E-state index >= 15 is 0 Å². The fourth-order valence-corrected chi connectivity index (χ4v) is 2.59. The number of halogens is 1. The zero-order valence-electron chi connectivity index (χ0n) is 12.2. The number of hydrogen-bond donors (Lipinski definition) is 2. The first-order valence-electron chi connectivity index (χ1n) is 7.14. The van der Waals surface area contributed by atoms with Gasteiger partial charge in [-0.25, -0.2) is 4.98 Å². The van der Waals surface area contributed by atoms with Gasteiger partial charge in [0.25, 0.3) is 5.91 Å². The molecule has 0 spiro atoms. The van der Waals surface area contributed by atoms with E-state index in [-0.39, 0.29) is 5.91 Å². The second kappa shape index (κ2) is 6.23. The molecule has 3 aromatic rings. The minimum Gasteiger partial charge on any atom is -0.351 e. The van der Waals surface area contributed by atoms with Crippen LogP contribution >= 0.6 is 11.6 Å². The number of aromatic nitrogens is 3. The van der Waals surface area contributed by atoms with Crippen LogP contribution in [-0.2, 0) is 6.54 Å². The van der Waals surface area contributed by atoms with Gasteiger partial charge in [-0.1, -0.05) is 18.5 Å². The van der Waals surface area contributed by atoms with Crippen molar-refractivity contribution in [1.29, 1.82) is 0 Å². The molecule has 0 aliphatic rings. The predicted octanol–water partition coefficient (Wildman–Crippen LogP) is 3.08. The van der Waals surface area contributed by atoms with E-state index in [1.165, 1.54) is 0 Å². The molecule has 5 nitrogen and oxygen atoms in total. The van der Waals surface area contributed by atoms with Crippen molar-refractivity contribution in [3.63, 3.8) is 0 Å². The molecule has 0 fully saturated rings. The second-order valence-corrected chi connectivity index (χ2v) is 5.93. The normalized spacial score (nSPS) is 12.5. The average molecular weight is 317 g/mol. The first-order chi connectivity index (χ1) is 10.6. The van der Waals surface area contributed by atoms with Gasteiger partial charge in [0, 0.05) is 41.4 Å². The average Bonchev–Trinajstić information content (AvgIpc) is 3.13.